The number of hydrogen-bond acceptors (Lipinski definition) is 5. The third-order valence-corrected chi connectivity index (χ3v) is 7.91. The fourth-order valence-corrected chi connectivity index (χ4v) is 6.16. The van der Waals surface area contributed by atoms with E-state index in [0.29, 0.717) is 31.5 Å². The first-order valence-corrected chi connectivity index (χ1v) is 12.5. The van der Waals surface area contributed by atoms with Gasteiger partial charge < -0.3 is 10.1 Å². The predicted octanol–water partition coefficient (Wildman–Crippen LogP) is 5.90. The molecular formula is C25H20BrCl2N3O4. The lowest BCUT2D eigenvalue weighted by molar-refractivity contribution is -0.532. The molecule has 2 aliphatic rings. The van der Waals surface area contributed by atoms with Crippen LogP contribution in [0.15, 0.2) is 65.1 Å². The molecule has 7 nitrogen and oxygen atoms in total. The first-order chi connectivity index (χ1) is 16.7. The number of nitro groups is 1. The van der Waals surface area contributed by atoms with Crippen LogP contribution in [0.2, 0.25) is 10.0 Å². The Hall–Kier alpha value is -2.65. The number of ether oxygens (including phenoxy) is 1. The summed E-state index contributed by atoms with van der Waals surface area (Å²) in [5.41, 5.74) is 1.25. The number of nitrogens with one attached hydrogen (secondary N) is 2. The third-order valence-electron chi connectivity index (χ3n) is 6.70. The summed E-state index contributed by atoms with van der Waals surface area (Å²) in [4.78, 5) is 25.3. The molecule has 1 amide bonds. The highest BCUT2D eigenvalue weighted by Gasteiger charge is 2.67. The number of halogens is 3. The first kappa shape index (κ1) is 24.1. The number of rotatable bonds is 5. The summed E-state index contributed by atoms with van der Waals surface area (Å²) in [5, 5.41) is 19.6. The molecule has 180 valence electrons. The Morgan fingerprint density at radius 2 is 1.91 bits per heavy atom. The van der Waals surface area contributed by atoms with Crippen LogP contribution in [-0.4, -0.2) is 22.9 Å². The van der Waals surface area contributed by atoms with E-state index in [-0.39, 0.29) is 17.6 Å². The molecule has 3 aromatic rings. The number of nitrogens with zero attached hydrogens (tertiary/aromatic N) is 1. The molecule has 2 heterocycles. The van der Waals surface area contributed by atoms with E-state index in [9.17, 15) is 14.9 Å². The highest BCUT2D eigenvalue weighted by molar-refractivity contribution is 9.10. The minimum atomic E-state index is -1.45. The molecule has 0 aliphatic carbocycles. The maximum absolute atomic E-state index is 13.2. The van der Waals surface area contributed by atoms with Crippen molar-refractivity contribution in [3.05, 3.63) is 102 Å². The second-order valence-electron chi connectivity index (χ2n) is 8.71. The summed E-state index contributed by atoms with van der Waals surface area (Å²) in [6.07, 6.45) is 0. The summed E-state index contributed by atoms with van der Waals surface area (Å²) >= 11 is 15.7. The quantitative estimate of drug-likeness (QED) is 0.291. The lowest BCUT2D eigenvalue weighted by Gasteiger charge is -2.25. The van der Waals surface area contributed by atoms with Gasteiger partial charge >= 0.3 is 0 Å². The van der Waals surface area contributed by atoms with E-state index in [1.807, 2.05) is 13.0 Å². The summed E-state index contributed by atoms with van der Waals surface area (Å²) in [6.45, 7) is 2.10. The van der Waals surface area contributed by atoms with Crippen LogP contribution in [-0.2, 0) is 16.9 Å². The van der Waals surface area contributed by atoms with Gasteiger partial charge in [-0.05, 0) is 58.7 Å². The van der Waals surface area contributed by atoms with Gasteiger partial charge in [0.15, 0.2) is 5.54 Å². The van der Waals surface area contributed by atoms with E-state index in [4.69, 9.17) is 27.9 Å². The van der Waals surface area contributed by atoms with Crippen molar-refractivity contribution >= 4 is 50.7 Å². The topological polar surface area (TPSA) is 93.5 Å². The van der Waals surface area contributed by atoms with Crippen LogP contribution in [0.5, 0.6) is 5.75 Å². The molecular weight excluding hydrogens is 557 g/mol. The standard InChI is InChI=1S/C25H20BrCl2N3O4/c1-13-22(23(31(33)34)25(30-13)17-4-2-3-5-20(17)29-24(25)32)14-7-9-21(18(26)10-14)35-12-15-6-8-16(27)11-19(15)28/h2-11,13,22-23,30H,12H2,1H3,(H,29,32)/t13-,22-,23-,25-/m0/s1. The molecule has 0 saturated carbocycles. The second-order valence-corrected chi connectivity index (χ2v) is 10.4. The van der Waals surface area contributed by atoms with Gasteiger partial charge in [0.25, 0.3) is 11.9 Å². The van der Waals surface area contributed by atoms with E-state index in [2.05, 4.69) is 26.6 Å². The molecule has 0 unspecified atom stereocenters. The molecule has 3 aromatic carbocycles. The van der Waals surface area contributed by atoms with Crippen molar-refractivity contribution in [2.45, 2.75) is 37.1 Å². The van der Waals surface area contributed by atoms with Crippen LogP contribution in [0.1, 0.15) is 29.5 Å². The van der Waals surface area contributed by atoms with Crippen LogP contribution in [0, 0.1) is 10.1 Å². The number of anilines is 1. The van der Waals surface area contributed by atoms with Crippen molar-refractivity contribution in [2.24, 2.45) is 0 Å². The SMILES string of the molecule is C[C@@H]1N[C@]2(C(=O)Nc3ccccc32)[C@@H]([N+](=O)[O-])[C@@H]1c1ccc(OCc2ccc(Cl)cc2Cl)c(Br)c1. The Kier molecular flexibility index (Phi) is 6.25. The highest BCUT2D eigenvalue weighted by Crippen LogP contribution is 2.50. The Labute approximate surface area is 220 Å². The fraction of sp³-hybridized carbons (Fsp3) is 0.240. The summed E-state index contributed by atoms with van der Waals surface area (Å²) in [7, 11) is 0. The van der Waals surface area contributed by atoms with Gasteiger partial charge in [0.2, 0.25) is 0 Å². The summed E-state index contributed by atoms with van der Waals surface area (Å²) in [6, 6.07) is 16.1. The molecule has 2 aliphatic heterocycles. The number of carbonyl (C=O) groups is 1. The zero-order chi connectivity index (χ0) is 24.9. The van der Waals surface area contributed by atoms with Gasteiger partial charge in [-0.25, -0.2) is 0 Å². The van der Waals surface area contributed by atoms with Gasteiger partial charge in [-0.2, -0.15) is 0 Å². The van der Waals surface area contributed by atoms with Crippen molar-refractivity contribution in [1.82, 2.24) is 5.32 Å². The first-order valence-electron chi connectivity index (χ1n) is 10.9. The molecule has 0 radical (unpaired) electrons. The number of benzene rings is 3. The lowest BCUT2D eigenvalue weighted by atomic mass is 9.78. The number of para-hydroxylation sites is 1. The van der Waals surface area contributed by atoms with E-state index in [1.54, 1.807) is 54.6 Å². The smallest absolute Gasteiger partial charge is 0.256 e. The Morgan fingerprint density at radius 3 is 2.63 bits per heavy atom. The molecule has 35 heavy (non-hydrogen) atoms. The van der Waals surface area contributed by atoms with Crippen molar-refractivity contribution in [2.75, 3.05) is 5.32 Å². The lowest BCUT2D eigenvalue weighted by Crippen LogP contribution is -2.54. The molecule has 2 N–H and O–H groups in total. The maximum atomic E-state index is 13.2. The van der Waals surface area contributed by atoms with Crippen molar-refractivity contribution in [3.63, 3.8) is 0 Å². The number of hydrogen-bond donors (Lipinski definition) is 2. The van der Waals surface area contributed by atoms with Gasteiger partial charge in [0.05, 0.1) is 10.4 Å². The molecule has 0 bridgehead atoms. The Morgan fingerprint density at radius 1 is 1.14 bits per heavy atom. The van der Waals surface area contributed by atoms with Crippen molar-refractivity contribution < 1.29 is 14.5 Å². The minimum Gasteiger partial charge on any atom is -0.488 e. The highest BCUT2D eigenvalue weighted by atomic mass is 79.9. The number of fused-ring (bicyclic) bond motifs is 2. The Balaban J connectivity index is 1.46. The van der Waals surface area contributed by atoms with Crippen LogP contribution in [0.4, 0.5) is 5.69 Å². The van der Waals surface area contributed by atoms with E-state index in [0.717, 1.165) is 11.1 Å². The normalized spacial score (nSPS) is 24.9. The monoisotopic (exact) mass is 575 g/mol. The summed E-state index contributed by atoms with van der Waals surface area (Å²) in [5.74, 6) is -0.402. The maximum Gasteiger partial charge on any atom is 0.256 e. The largest absolute Gasteiger partial charge is 0.488 e. The molecule has 1 fully saturated rings. The average molecular weight is 577 g/mol. The van der Waals surface area contributed by atoms with E-state index in [1.165, 1.54) is 0 Å². The molecule has 5 rings (SSSR count). The van der Waals surface area contributed by atoms with Gasteiger partial charge in [-0.1, -0.05) is 53.5 Å². The average Bonchev–Trinajstić information content (AvgIpc) is 3.28. The predicted molar refractivity (Wildman–Crippen MR) is 138 cm³/mol. The van der Waals surface area contributed by atoms with Crippen LogP contribution < -0.4 is 15.4 Å². The van der Waals surface area contributed by atoms with Gasteiger partial charge in [-0.15, -0.1) is 0 Å². The van der Waals surface area contributed by atoms with E-state index >= 15 is 0 Å². The van der Waals surface area contributed by atoms with Crippen LogP contribution in [0.3, 0.4) is 0 Å². The minimum absolute atomic E-state index is 0.229. The Bertz CT molecular complexity index is 1350. The van der Waals surface area contributed by atoms with Gasteiger partial charge in [0, 0.05) is 37.8 Å². The third kappa shape index (κ3) is 3.98. The van der Waals surface area contributed by atoms with Crippen molar-refractivity contribution in [1.29, 1.82) is 0 Å². The molecule has 10 heteroatoms. The van der Waals surface area contributed by atoms with Crippen LogP contribution in [0.25, 0.3) is 0 Å². The fourth-order valence-electron chi connectivity index (χ4n) is 5.19. The number of carbonyl (C=O) groups excluding carboxylic acids is 1. The van der Waals surface area contributed by atoms with Crippen LogP contribution >= 0.6 is 39.1 Å². The zero-order valence-corrected chi connectivity index (χ0v) is 21.5. The molecule has 1 saturated heterocycles. The molecule has 4 atom stereocenters. The zero-order valence-electron chi connectivity index (χ0n) is 18.4. The van der Waals surface area contributed by atoms with Gasteiger partial charge in [0.1, 0.15) is 12.4 Å². The molecule has 1 spiro atoms. The van der Waals surface area contributed by atoms with Gasteiger partial charge in [-0.3, -0.25) is 20.2 Å². The van der Waals surface area contributed by atoms with E-state index < -0.39 is 23.4 Å². The summed E-state index contributed by atoms with van der Waals surface area (Å²) < 4.78 is 6.58. The molecule has 0 aromatic heterocycles. The van der Waals surface area contributed by atoms with Crippen molar-refractivity contribution in [3.8, 4) is 5.75 Å². The number of amides is 1. The second kappa shape index (κ2) is 9.09.